The van der Waals surface area contributed by atoms with Gasteiger partial charge in [0.15, 0.2) is 9.84 Å². The van der Waals surface area contributed by atoms with E-state index in [1.54, 1.807) is 13.0 Å². The maximum absolute atomic E-state index is 11.5. The van der Waals surface area contributed by atoms with Gasteiger partial charge >= 0.3 is 11.9 Å². The molecule has 0 spiro atoms. The number of sulfone groups is 1. The molecule has 0 aliphatic heterocycles. The molecule has 0 saturated carbocycles. The summed E-state index contributed by atoms with van der Waals surface area (Å²) in [4.78, 5) is 22.9. The number of ether oxygens (including phenoxy) is 1. The van der Waals surface area contributed by atoms with Gasteiger partial charge in [0.05, 0.1) is 16.0 Å². The second-order valence-electron chi connectivity index (χ2n) is 5.39. The van der Waals surface area contributed by atoms with Gasteiger partial charge in [-0.25, -0.2) is 18.0 Å². The number of aromatic carboxylic acids is 2. The molecular weight excluding hydrogens is 360 g/mol. The minimum Gasteiger partial charge on any atom is -0.478 e. The van der Waals surface area contributed by atoms with Crippen molar-refractivity contribution in [2.24, 2.45) is 0 Å². The number of hydrogen-bond acceptors (Lipinski definition) is 5. The molecule has 136 valence electrons. The Labute approximate surface area is 150 Å². The van der Waals surface area contributed by atoms with Crippen LogP contribution in [0, 0.1) is 0 Å². The summed E-state index contributed by atoms with van der Waals surface area (Å²) in [5.41, 5.74) is -0.249. The van der Waals surface area contributed by atoms with Crippen molar-refractivity contribution in [2.45, 2.75) is 11.8 Å². The molecular formula is C18H16O7S. The number of carbonyl (C=O) groups is 2. The van der Waals surface area contributed by atoms with E-state index >= 15 is 0 Å². The lowest BCUT2D eigenvalue weighted by Gasteiger charge is -2.13. The molecule has 26 heavy (non-hydrogen) atoms. The molecule has 0 heterocycles. The lowest BCUT2D eigenvalue weighted by atomic mass is 10.0. The third kappa shape index (κ3) is 4.28. The highest BCUT2D eigenvalue weighted by Gasteiger charge is 2.19. The molecule has 7 nitrogen and oxygen atoms in total. The minimum absolute atomic E-state index is 0.0347. The minimum atomic E-state index is -3.37. The molecule has 0 aromatic heterocycles. The Morgan fingerprint density at radius 1 is 1.04 bits per heavy atom. The molecule has 0 fully saturated rings. The van der Waals surface area contributed by atoms with Crippen LogP contribution in [0.1, 0.15) is 33.2 Å². The van der Waals surface area contributed by atoms with Gasteiger partial charge in [0.25, 0.3) is 0 Å². The first-order valence-electron chi connectivity index (χ1n) is 7.38. The fourth-order valence-electron chi connectivity index (χ4n) is 2.23. The zero-order valence-corrected chi connectivity index (χ0v) is 14.8. The van der Waals surface area contributed by atoms with E-state index < -0.39 is 21.8 Å². The van der Waals surface area contributed by atoms with Crippen molar-refractivity contribution < 1.29 is 33.0 Å². The molecule has 0 bridgehead atoms. The van der Waals surface area contributed by atoms with E-state index in [1.165, 1.54) is 36.4 Å². The lowest BCUT2D eigenvalue weighted by Crippen LogP contribution is -2.06. The van der Waals surface area contributed by atoms with Crippen LogP contribution in [0.25, 0.3) is 6.08 Å². The molecule has 2 aromatic rings. The Morgan fingerprint density at radius 2 is 1.65 bits per heavy atom. The van der Waals surface area contributed by atoms with Crippen LogP contribution >= 0.6 is 0 Å². The Balaban J connectivity index is 2.56. The van der Waals surface area contributed by atoms with Crippen molar-refractivity contribution in [1.29, 1.82) is 0 Å². The zero-order valence-electron chi connectivity index (χ0n) is 14.0. The van der Waals surface area contributed by atoms with Gasteiger partial charge in [0.1, 0.15) is 11.5 Å². The summed E-state index contributed by atoms with van der Waals surface area (Å²) >= 11 is 0. The molecule has 0 amide bonds. The molecule has 0 atom stereocenters. The molecule has 2 N–H and O–H groups in total. The van der Waals surface area contributed by atoms with Gasteiger partial charge in [0, 0.05) is 11.8 Å². The SMILES string of the molecule is CC=Cc1c(Oc2ccc(S(C)(=O)=O)cc2)cc(C(=O)O)cc1C(=O)O. The molecule has 0 saturated heterocycles. The van der Waals surface area contributed by atoms with E-state index in [1.807, 2.05) is 0 Å². The van der Waals surface area contributed by atoms with Crippen LogP contribution in [0.15, 0.2) is 47.4 Å². The largest absolute Gasteiger partial charge is 0.478 e. The molecule has 0 aliphatic rings. The summed E-state index contributed by atoms with van der Waals surface area (Å²) in [5.74, 6) is -2.31. The molecule has 0 unspecified atom stereocenters. The predicted octanol–water partition coefficient (Wildman–Crippen LogP) is 3.31. The van der Waals surface area contributed by atoms with E-state index in [0.29, 0.717) is 0 Å². The maximum atomic E-state index is 11.5. The monoisotopic (exact) mass is 376 g/mol. The van der Waals surface area contributed by atoms with Crippen LogP contribution < -0.4 is 4.74 Å². The van der Waals surface area contributed by atoms with Crippen LogP contribution in [0.2, 0.25) is 0 Å². The number of carboxylic acids is 2. The van der Waals surface area contributed by atoms with Gasteiger partial charge in [-0.05, 0) is 43.3 Å². The summed E-state index contributed by atoms with van der Waals surface area (Å²) in [5, 5.41) is 18.6. The van der Waals surface area contributed by atoms with Crippen LogP contribution in [0.5, 0.6) is 11.5 Å². The van der Waals surface area contributed by atoms with E-state index in [2.05, 4.69) is 0 Å². The number of allylic oxidation sites excluding steroid dienone is 1. The standard InChI is InChI=1S/C18H16O7S/c1-3-4-14-15(18(21)22)9-11(17(19)20)10-16(14)25-12-5-7-13(8-6-12)26(2,23)24/h3-10H,1-2H3,(H,19,20)(H,21,22). The van der Waals surface area contributed by atoms with E-state index in [-0.39, 0.29) is 33.1 Å². The fourth-order valence-corrected chi connectivity index (χ4v) is 2.86. The Bertz CT molecular complexity index is 987. The third-order valence-corrected chi connectivity index (χ3v) is 4.56. The van der Waals surface area contributed by atoms with Crippen LogP contribution in [0.3, 0.4) is 0 Å². The van der Waals surface area contributed by atoms with Crippen molar-refractivity contribution in [3.05, 3.63) is 59.2 Å². The quantitative estimate of drug-likeness (QED) is 0.794. The van der Waals surface area contributed by atoms with Crippen LogP contribution in [-0.4, -0.2) is 36.8 Å². The highest BCUT2D eigenvalue weighted by Crippen LogP contribution is 2.31. The zero-order chi connectivity index (χ0) is 19.5. The first kappa shape index (κ1) is 19.2. The summed E-state index contributed by atoms with van der Waals surface area (Å²) < 4.78 is 28.6. The van der Waals surface area contributed by atoms with Gasteiger partial charge < -0.3 is 14.9 Å². The predicted molar refractivity (Wildman–Crippen MR) is 94.7 cm³/mol. The van der Waals surface area contributed by atoms with Crippen molar-refractivity contribution in [2.75, 3.05) is 6.26 Å². The average molecular weight is 376 g/mol. The van der Waals surface area contributed by atoms with Gasteiger partial charge in [-0.3, -0.25) is 0 Å². The molecule has 0 radical (unpaired) electrons. The normalized spacial score (nSPS) is 11.5. The van der Waals surface area contributed by atoms with E-state index in [4.69, 9.17) is 4.74 Å². The van der Waals surface area contributed by atoms with Crippen molar-refractivity contribution in [1.82, 2.24) is 0 Å². The van der Waals surface area contributed by atoms with Crippen LogP contribution in [-0.2, 0) is 9.84 Å². The first-order valence-corrected chi connectivity index (χ1v) is 9.28. The van der Waals surface area contributed by atoms with Crippen molar-refractivity contribution >= 4 is 27.9 Å². The molecule has 8 heteroatoms. The summed E-state index contributed by atoms with van der Waals surface area (Å²) in [7, 11) is -3.37. The van der Waals surface area contributed by atoms with Crippen molar-refractivity contribution in [3.63, 3.8) is 0 Å². The highest BCUT2D eigenvalue weighted by atomic mass is 32.2. The van der Waals surface area contributed by atoms with Gasteiger partial charge in [-0.1, -0.05) is 12.2 Å². The Hall–Kier alpha value is -3.13. The average Bonchev–Trinajstić information content (AvgIpc) is 2.55. The second kappa shape index (κ2) is 7.40. The molecule has 0 aliphatic carbocycles. The fraction of sp³-hybridized carbons (Fsp3) is 0.111. The summed E-state index contributed by atoms with van der Waals surface area (Å²) in [6, 6.07) is 7.78. The van der Waals surface area contributed by atoms with Gasteiger partial charge in [-0.2, -0.15) is 0 Å². The maximum Gasteiger partial charge on any atom is 0.336 e. The Morgan fingerprint density at radius 3 is 2.12 bits per heavy atom. The van der Waals surface area contributed by atoms with Crippen LogP contribution in [0.4, 0.5) is 0 Å². The van der Waals surface area contributed by atoms with Crippen molar-refractivity contribution in [3.8, 4) is 11.5 Å². The topological polar surface area (TPSA) is 118 Å². The van der Waals surface area contributed by atoms with Gasteiger partial charge in [0.2, 0.25) is 0 Å². The smallest absolute Gasteiger partial charge is 0.336 e. The van der Waals surface area contributed by atoms with E-state index in [0.717, 1.165) is 12.3 Å². The van der Waals surface area contributed by atoms with E-state index in [9.17, 15) is 28.2 Å². The number of hydrogen-bond donors (Lipinski definition) is 2. The number of carboxylic acid groups (broad SMARTS) is 2. The number of rotatable bonds is 6. The first-order chi connectivity index (χ1) is 12.1. The molecule has 2 aromatic carbocycles. The highest BCUT2D eigenvalue weighted by molar-refractivity contribution is 7.90. The summed E-state index contributed by atoms with van der Waals surface area (Å²) in [6.45, 7) is 1.68. The Kier molecular flexibility index (Phi) is 5.47. The lowest BCUT2D eigenvalue weighted by molar-refractivity contribution is 0.0695. The summed E-state index contributed by atoms with van der Waals surface area (Å²) in [6.07, 6.45) is 4.17. The second-order valence-corrected chi connectivity index (χ2v) is 7.41. The number of benzene rings is 2. The molecule has 2 rings (SSSR count). The third-order valence-electron chi connectivity index (χ3n) is 3.43. The van der Waals surface area contributed by atoms with Gasteiger partial charge in [-0.15, -0.1) is 0 Å².